The Morgan fingerprint density at radius 2 is 2.00 bits per heavy atom. The second-order valence-corrected chi connectivity index (χ2v) is 4.10. The third-order valence-corrected chi connectivity index (χ3v) is 2.30. The molecule has 0 atom stereocenters. The van der Waals surface area contributed by atoms with E-state index < -0.39 is 18.5 Å². The Bertz CT molecular complexity index is 323. The maximum atomic E-state index is 12.1. The van der Waals surface area contributed by atoms with Gasteiger partial charge in [-0.05, 0) is 20.3 Å². The van der Waals surface area contributed by atoms with E-state index in [9.17, 15) is 9.59 Å². The van der Waals surface area contributed by atoms with Gasteiger partial charge in [-0.2, -0.15) is 0 Å². The molecule has 0 aromatic heterocycles. The van der Waals surface area contributed by atoms with Gasteiger partial charge >= 0.3 is 12.0 Å². The van der Waals surface area contributed by atoms with E-state index in [4.69, 9.17) is 16.6 Å². The van der Waals surface area contributed by atoms with Gasteiger partial charge in [0, 0.05) is 19.2 Å². The highest BCUT2D eigenvalue weighted by molar-refractivity contribution is 5.80. The number of hydrogen-bond acceptors (Lipinski definition) is 3. The first kappa shape index (κ1) is 16.3. The normalized spacial score (nSPS) is 9.94. The number of amides is 2. The molecule has 0 aromatic rings. The molecule has 18 heavy (non-hydrogen) atoms. The first-order chi connectivity index (χ1) is 8.43. The van der Waals surface area contributed by atoms with Crippen molar-refractivity contribution < 1.29 is 19.8 Å². The van der Waals surface area contributed by atoms with E-state index >= 15 is 0 Å². The molecular weight excluding hydrogens is 236 g/mol. The number of aliphatic carboxylic acids is 1. The van der Waals surface area contributed by atoms with Gasteiger partial charge in [0.1, 0.15) is 6.54 Å². The molecule has 0 spiro atoms. The number of carbonyl (C=O) groups excluding carboxylic acids is 1. The molecule has 0 bridgehead atoms. The average Bonchev–Trinajstić information content (AvgIpc) is 2.27. The predicted octanol–water partition coefficient (Wildman–Crippen LogP) is 0.219. The van der Waals surface area contributed by atoms with E-state index in [0.717, 1.165) is 4.90 Å². The fourth-order valence-corrected chi connectivity index (χ4v) is 1.46. The second kappa shape index (κ2) is 8.37. The number of rotatable bonds is 7. The fraction of sp³-hybridized carbons (Fsp3) is 0.667. The summed E-state index contributed by atoms with van der Waals surface area (Å²) in [7, 11) is 0. The summed E-state index contributed by atoms with van der Waals surface area (Å²) in [5.41, 5.74) is 0. The number of terminal acetylenes is 1. The van der Waals surface area contributed by atoms with Crippen molar-refractivity contribution in [3.8, 4) is 12.3 Å². The molecule has 6 heteroatoms. The van der Waals surface area contributed by atoms with Crippen LogP contribution in [0, 0.1) is 12.3 Å². The van der Waals surface area contributed by atoms with Crippen LogP contribution >= 0.6 is 0 Å². The van der Waals surface area contributed by atoms with Gasteiger partial charge in [0.2, 0.25) is 0 Å². The molecule has 0 aliphatic rings. The lowest BCUT2D eigenvalue weighted by Crippen LogP contribution is -2.48. The molecule has 0 radical (unpaired) electrons. The van der Waals surface area contributed by atoms with Crippen LogP contribution in [0.4, 0.5) is 4.79 Å². The third kappa shape index (κ3) is 5.55. The molecule has 0 saturated carbocycles. The summed E-state index contributed by atoms with van der Waals surface area (Å²) < 4.78 is 0. The molecule has 102 valence electrons. The highest BCUT2D eigenvalue weighted by Gasteiger charge is 2.23. The molecule has 0 aliphatic heterocycles. The number of urea groups is 1. The van der Waals surface area contributed by atoms with E-state index in [1.54, 1.807) is 0 Å². The zero-order valence-corrected chi connectivity index (χ0v) is 10.8. The molecule has 0 aromatic carbocycles. The minimum atomic E-state index is -1.11. The highest BCUT2D eigenvalue weighted by atomic mass is 16.4. The molecule has 2 amide bonds. The zero-order chi connectivity index (χ0) is 14.1. The molecule has 0 rings (SSSR count). The predicted molar refractivity (Wildman–Crippen MR) is 67.0 cm³/mol. The van der Waals surface area contributed by atoms with Crippen LogP contribution in [0.25, 0.3) is 0 Å². The van der Waals surface area contributed by atoms with Crippen LogP contribution in [0.3, 0.4) is 0 Å². The number of carbonyl (C=O) groups is 2. The molecular formula is C12H20N2O4. The molecule has 0 aliphatic carbocycles. The molecule has 6 nitrogen and oxygen atoms in total. The van der Waals surface area contributed by atoms with Gasteiger partial charge in [0.25, 0.3) is 0 Å². The first-order valence-electron chi connectivity index (χ1n) is 5.75. The monoisotopic (exact) mass is 256 g/mol. The van der Waals surface area contributed by atoms with Crippen molar-refractivity contribution in [2.45, 2.75) is 26.3 Å². The van der Waals surface area contributed by atoms with Crippen LogP contribution in [0.1, 0.15) is 20.3 Å². The number of nitrogens with zero attached hydrogens (tertiary/aromatic N) is 2. The summed E-state index contributed by atoms with van der Waals surface area (Å²) in [6.45, 7) is 3.52. The van der Waals surface area contributed by atoms with Gasteiger partial charge in [-0.1, -0.05) is 5.92 Å². The smallest absolute Gasteiger partial charge is 0.323 e. The van der Waals surface area contributed by atoms with Crippen LogP contribution in [-0.4, -0.2) is 64.3 Å². The first-order valence-corrected chi connectivity index (χ1v) is 5.75. The average molecular weight is 256 g/mol. The minimum absolute atomic E-state index is 0.0232. The van der Waals surface area contributed by atoms with Crippen molar-refractivity contribution in [3.63, 3.8) is 0 Å². The van der Waals surface area contributed by atoms with Crippen LogP contribution in [0.15, 0.2) is 0 Å². The summed E-state index contributed by atoms with van der Waals surface area (Å²) in [6.07, 6.45) is 5.57. The number of aliphatic hydroxyl groups is 1. The van der Waals surface area contributed by atoms with Gasteiger partial charge in [0.05, 0.1) is 6.54 Å². The van der Waals surface area contributed by atoms with Gasteiger partial charge < -0.3 is 20.0 Å². The number of carboxylic acid groups (broad SMARTS) is 1. The Morgan fingerprint density at radius 3 is 2.39 bits per heavy atom. The SMILES string of the molecule is C#CCN(CC(=O)O)C(=O)N(CCCO)C(C)C. The lowest BCUT2D eigenvalue weighted by atomic mass is 10.3. The Morgan fingerprint density at radius 1 is 1.39 bits per heavy atom. The van der Waals surface area contributed by atoms with Gasteiger partial charge in [-0.3, -0.25) is 4.79 Å². The summed E-state index contributed by atoms with van der Waals surface area (Å²) in [5, 5.41) is 17.5. The topological polar surface area (TPSA) is 81.1 Å². The van der Waals surface area contributed by atoms with E-state index in [-0.39, 0.29) is 19.2 Å². The maximum absolute atomic E-state index is 12.1. The van der Waals surface area contributed by atoms with Crippen LogP contribution in [0.2, 0.25) is 0 Å². The third-order valence-electron chi connectivity index (χ3n) is 2.30. The molecule has 2 N–H and O–H groups in total. The molecule has 0 saturated heterocycles. The lowest BCUT2D eigenvalue weighted by Gasteiger charge is -2.31. The number of carboxylic acids is 1. The fourth-order valence-electron chi connectivity index (χ4n) is 1.46. The highest BCUT2D eigenvalue weighted by Crippen LogP contribution is 2.06. The van der Waals surface area contributed by atoms with E-state index in [0.29, 0.717) is 13.0 Å². The van der Waals surface area contributed by atoms with Crippen molar-refractivity contribution >= 4 is 12.0 Å². The summed E-state index contributed by atoms with van der Waals surface area (Å²) in [5.74, 6) is 1.16. The Kier molecular flexibility index (Phi) is 7.56. The van der Waals surface area contributed by atoms with Crippen molar-refractivity contribution in [2.24, 2.45) is 0 Å². The Labute approximate surface area is 107 Å². The van der Waals surface area contributed by atoms with E-state index in [1.165, 1.54) is 4.90 Å². The van der Waals surface area contributed by atoms with E-state index in [1.807, 2.05) is 13.8 Å². The quantitative estimate of drug-likeness (QED) is 0.638. The van der Waals surface area contributed by atoms with Gasteiger partial charge in [-0.15, -0.1) is 6.42 Å². The summed E-state index contributed by atoms with van der Waals surface area (Å²) in [4.78, 5) is 25.4. The van der Waals surface area contributed by atoms with Gasteiger partial charge in [0.15, 0.2) is 0 Å². The van der Waals surface area contributed by atoms with Crippen molar-refractivity contribution in [1.29, 1.82) is 0 Å². The van der Waals surface area contributed by atoms with Crippen molar-refractivity contribution in [2.75, 3.05) is 26.2 Å². The Balaban J connectivity index is 4.77. The lowest BCUT2D eigenvalue weighted by molar-refractivity contribution is -0.137. The van der Waals surface area contributed by atoms with Crippen LogP contribution in [0.5, 0.6) is 0 Å². The minimum Gasteiger partial charge on any atom is -0.480 e. The molecule has 0 heterocycles. The maximum Gasteiger partial charge on any atom is 0.323 e. The molecule has 0 fully saturated rings. The van der Waals surface area contributed by atoms with Crippen LogP contribution < -0.4 is 0 Å². The summed E-state index contributed by atoms with van der Waals surface area (Å²) >= 11 is 0. The standard InChI is InChI=1S/C12H20N2O4/c1-4-6-13(9-11(16)17)12(18)14(10(2)3)7-5-8-15/h1,10,15H,5-9H2,2-3H3,(H,16,17). The summed E-state index contributed by atoms with van der Waals surface area (Å²) in [6, 6.07) is -0.503. The Hall–Kier alpha value is -1.74. The van der Waals surface area contributed by atoms with Crippen molar-refractivity contribution in [1.82, 2.24) is 9.80 Å². The molecule has 0 unspecified atom stereocenters. The number of aliphatic hydroxyl groups excluding tert-OH is 1. The second-order valence-electron chi connectivity index (χ2n) is 4.10. The van der Waals surface area contributed by atoms with E-state index in [2.05, 4.69) is 5.92 Å². The van der Waals surface area contributed by atoms with Gasteiger partial charge in [-0.25, -0.2) is 4.79 Å². The van der Waals surface area contributed by atoms with Crippen molar-refractivity contribution in [3.05, 3.63) is 0 Å². The van der Waals surface area contributed by atoms with Crippen LogP contribution in [-0.2, 0) is 4.79 Å². The largest absolute Gasteiger partial charge is 0.480 e. The zero-order valence-electron chi connectivity index (χ0n) is 10.8. The number of hydrogen-bond donors (Lipinski definition) is 2.